The summed E-state index contributed by atoms with van der Waals surface area (Å²) in [5.41, 5.74) is -0.506. The van der Waals surface area contributed by atoms with Crippen molar-refractivity contribution in [3.05, 3.63) is 17.4 Å². The molecule has 1 saturated heterocycles. The van der Waals surface area contributed by atoms with Crippen molar-refractivity contribution in [1.29, 1.82) is 0 Å². The molecule has 2 rings (SSSR count). The monoisotopic (exact) mass is 345 g/mol. The summed E-state index contributed by atoms with van der Waals surface area (Å²) in [6.07, 6.45) is 3.84. The van der Waals surface area contributed by atoms with E-state index in [9.17, 15) is 9.00 Å². The molecule has 1 aromatic heterocycles. The first kappa shape index (κ1) is 17.1. The van der Waals surface area contributed by atoms with Gasteiger partial charge < -0.3 is 9.64 Å². The van der Waals surface area contributed by atoms with Crippen molar-refractivity contribution >= 4 is 28.5 Å². The average molecular weight is 346 g/mol. The third-order valence-electron chi connectivity index (χ3n) is 3.17. The number of carbonyl (C=O) groups is 1. The maximum atomic E-state index is 12.4. The molecule has 1 aromatic rings. The van der Waals surface area contributed by atoms with Gasteiger partial charge in [-0.2, -0.15) is 0 Å². The number of nitrogens with zero attached hydrogens (tertiary/aromatic N) is 3. The molecule has 1 amide bonds. The molecule has 0 radical (unpaired) electrons. The third kappa shape index (κ3) is 4.64. The van der Waals surface area contributed by atoms with Gasteiger partial charge in [0, 0.05) is 18.3 Å². The first-order valence-electron chi connectivity index (χ1n) is 7.12. The maximum absolute atomic E-state index is 12.4. The average Bonchev–Trinajstić information content (AvgIpc) is 2.46. The molecule has 0 bridgehead atoms. The van der Waals surface area contributed by atoms with Gasteiger partial charge in [-0.1, -0.05) is 11.6 Å². The SMILES string of the molecule is CC(C)(C)OC(=O)N1CCC([S@@](=O)c2ncc(Cl)cn2)CC1. The normalized spacial score (nSPS) is 18.1. The highest BCUT2D eigenvalue weighted by Crippen LogP contribution is 2.21. The van der Waals surface area contributed by atoms with Crippen LogP contribution < -0.4 is 0 Å². The van der Waals surface area contributed by atoms with Crippen LogP contribution in [-0.2, 0) is 15.5 Å². The molecule has 1 atom stereocenters. The summed E-state index contributed by atoms with van der Waals surface area (Å²) in [6, 6.07) is 0. The number of halogens is 1. The van der Waals surface area contributed by atoms with Crippen molar-refractivity contribution in [1.82, 2.24) is 14.9 Å². The van der Waals surface area contributed by atoms with E-state index in [1.54, 1.807) is 4.90 Å². The zero-order valence-corrected chi connectivity index (χ0v) is 14.5. The van der Waals surface area contributed by atoms with Crippen LogP contribution in [0.5, 0.6) is 0 Å². The van der Waals surface area contributed by atoms with E-state index >= 15 is 0 Å². The van der Waals surface area contributed by atoms with Gasteiger partial charge in [0.2, 0.25) is 5.16 Å². The second-order valence-corrected chi connectivity index (χ2v) is 8.21. The van der Waals surface area contributed by atoms with Crippen molar-refractivity contribution in [3.63, 3.8) is 0 Å². The molecule has 1 aliphatic heterocycles. The zero-order chi connectivity index (χ0) is 16.3. The number of rotatable bonds is 2. The van der Waals surface area contributed by atoms with E-state index in [0.717, 1.165) is 0 Å². The molecule has 6 nitrogen and oxygen atoms in total. The molecular formula is C14H20ClN3O3S. The predicted molar refractivity (Wildman–Crippen MR) is 84.3 cm³/mol. The lowest BCUT2D eigenvalue weighted by molar-refractivity contribution is 0.0218. The van der Waals surface area contributed by atoms with Crippen LogP contribution in [0.1, 0.15) is 33.6 Å². The fraction of sp³-hybridized carbons (Fsp3) is 0.643. The molecule has 0 aliphatic carbocycles. The molecular weight excluding hydrogens is 326 g/mol. The molecule has 2 heterocycles. The molecule has 0 saturated carbocycles. The van der Waals surface area contributed by atoms with Gasteiger partial charge in [0.15, 0.2) is 0 Å². The Morgan fingerprint density at radius 1 is 1.32 bits per heavy atom. The fourth-order valence-electron chi connectivity index (χ4n) is 2.13. The fourth-order valence-corrected chi connectivity index (χ4v) is 3.48. The number of aromatic nitrogens is 2. The van der Waals surface area contributed by atoms with Crippen molar-refractivity contribution in [2.75, 3.05) is 13.1 Å². The molecule has 122 valence electrons. The molecule has 0 unspecified atom stereocenters. The van der Waals surface area contributed by atoms with Crippen molar-refractivity contribution < 1.29 is 13.7 Å². The minimum absolute atomic E-state index is 0.0557. The van der Waals surface area contributed by atoms with Crippen LogP contribution in [0.25, 0.3) is 0 Å². The minimum atomic E-state index is -1.28. The van der Waals surface area contributed by atoms with E-state index < -0.39 is 16.4 Å². The van der Waals surface area contributed by atoms with Gasteiger partial charge in [-0.3, -0.25) is 4.21 Å². The van der Waals surface area contributed by atoms with Crippen LogP contribution in [0, 0.1) is 0 Å². The Morgan fingerprint density at radius 2 is 1.86 bits per heavy atom. The Hall–Kier alpha value is -1.21. The lowest BCUT2D eigenvalue weighted by atomic mass is 10.1. The standard InChI is InChI=1S/C14H20ClN3O3S/c1-14(2,3)21-13(19)18-6-4-11(5-7-18)22(20)12-16-8-10(15)9-17-12/h8-9,11H,4-7H2,1-3H3/t22-/m1/s1. The van der Waals surface area contributed by atoms with Crippen LogP contribution >= 0.6 is 11.6 Å². The summed E-state index contributed by atoms with van der Waals surface area (Å²) in [4.78, 5) is 21.7. The Balaban J connectivity index is 1.90. The van der Waals surface area contributed by atoms with Gasteiger partial charge in [0.25, 0.3) is 0 Å². The number of hydrogen-bond acceptors (Lipinski definition) is 5. The Morgan fingerprint density at radius 3 is 2.36 bits per heavy atom. The lowest BCUT2D eigenvalue weighted by Crippen LogP contribution is -2.43. The summed E-state index contributed by atoms with van der Waals surface area (Å²) >= 11 is 5.73. The number of likely N-dealkylation sites (tertiary alicyclic amines) is 1. The van der Waals surface area contributed by atoms with Crippen molar-refractivity contribution in [3.8, 4) is 0 Å². The predicted octanol–water partition coefficient (Wildman–Crippen LogP) is 2.64. The second-order valence-electron chi connectivity index (χ2n) is 6.15. The summed E-state index contributed by atoms with van der Waals surface area (Å²) in [7, 11) is -1.28. The van der Waals surface area contributed by atoms with Crippen LogP contribution in [-0.4, -0.2) is 49.1 Å². The minimum Gasteiger partial charge on any atom is -0.444 e. The van der Waals surface area contributed by atoms with Gasteiger partial charge in [-0.05, 0) is 33.6 Å². The van der Waals surface area contributed by atoms with Gasteiger partial charge in [-0.15, -0.1) is 0 Å². The van der Waals surface area contributed by atoms with Gasteiger partial charge in [0.05, 0.1) is 28.2 Å². The quantitative estimate of drug-likeness (QED) is 0.770. The van der Waals surface area contributed by atoms with Crippen LogP contribution in [0.3, 0.4) is 0 Å². The van der Waals surface area contributed by atoms with E-state index in [0.29, 0.717) is 36.1 Å². The lowest BCUT2D eigenvalue weighted by Gasteiger charge is -2.32. The van der Waals surface area contributed by atoms with E-state index in [1.807, 2.05) is 20.8 Å². The number of hydrogen-bond donors (Lipinski definition) is 0. The molecule has 0 aromatic carbocycles. The Bertz CT molecular complexity index is 551. The van der Waals surface area contributed by atoms with Crippen LogP contribution in [0.15, 0.2) is 17.6 Å². The molecule has 1 fully saturated rings. The number of amides is 1. The Labute approximate surface area is 137 Å². The number of ether oxygens (including phenoxy) is 1. The van der Waals surface area contributed by atoms with Gasteiger partial charge >= 0.3 is 6.09 Å². The van der Waals surface area contributed by atoms with E-state index in [-0.39, 0.29) is 11.3 Å². The molecule has 8 heteroatoms. The highest BCUT2D eigenvalue weighted by Gasteiger charge is 2.30. The van der Waals surface area contributed by atoms with E-state index in [1.165, 1.54) is 12.4 Å². The largest absolute Gasteiger partial charge is 0.444 e. The van der Waals surface area contributed by atoms with Crippen LogP contribution in [0.2, 0.25) is 5.02 Å². The van der Waals surface area contributed by atoms with Crippen molar-refractivity contribution in [2.24, 2.45) is 0 Å². The van der Waals surface area contributed by atoms with Crippen molar-refractivity contribution in [2.45, 2.75) is 49.6 Å². The Kier molecular flexibility index (Phi) is 5.39. The highest BCUT2D eigenvalue weighted by molar-refractivity contribution is 7.85. The summed E-state index contributed by atoms with van der Waals surface area (Å²) in [6.45, 7) is 6.57. The molecule has 0 N–H and O–H groups in total. The summed E-state index contributed by atoms with van der Waals surface area (Å²) in [5, 5.41) is 0.653. The van der Waals surface area contributed by atoms with Gasteiger partial charge in [-0.25, -0.2) is 14.8 Å². The number of carbonyl (C=O) groups excluding carboxylic acids is 1. The first-order valence-corrected chi connectivity index (χ1v) is 8.71. The van der Waals surface area contributed by atoms with Gasteiger partial charge in [0.1, 0.15) is 5.60 Å². The second kappa shape index (κ2) is 6.91. The third-order valence-corrected chi connectivity index (χ3v) is 5.02. The maximum Gasteiger partial charge on any atom is 0.410 e. The molecule has 22 heavy (non-hydrogen) atoms. The van der Waals surface area contributed by atoms with E-state index in [4.69, 9.17) is 16.3 Å². The molecule has 0 spiro atoms. The highest BCUT2D eigenvalue weighted by atomic mass is 35.5. The summed E-state index contributed by atoms with van der Waals surface area (Å²) in [5.74, 6) is 0. The number of piperidine rings is 1. The first-order chi connectivity index (χ1) is 10.3. The smallest absolute Gasteiger partial charge is 0.410 e. The topological polar surface area (TPSA) is 72.4 Å². The summed E-state index contributed by atoms with van der Waals surface area (Å²) < 4.78 is 17.8. The zero-order valence-electron chi connectivity index (χ0n) is 12.9. The molecule has 1 aliphatic rings. The van der Waals surface area contributed by atoms with E-state index in [2.05, 4.69) is 9.97 Å². The van der Waals surface area contributed by atoms with Crippen LogP contribution in [0.4, 0.5) is 4.79 Å².